The number of hydrogen-bond acceptors (Lipinski definition) is 3. The molecule has 2 unspecified atom stereocenters. The number of aromatic nitrogens is 2. The Balaban J connectivity index is 0.00000200. The first-order valence-electron chi connectivity index (χ1n) is 13.2. The Hall–Kier alpha value is -2.24. The number of piperidine rings is 1. The van der Waals surface area contributed by atoms with E-state index in [4.69, 9.17) is 21.3 Å². The zero-order chi connectivity index (χ0) is 24.9. The maximum absolute atomic E-state index is 6.09. The fraction of sp³-hybridized carbons (Fsp3) is 0.387. The van der Waals surface area contributed by atoms with Crippen LogP contribution in [0.3, 0.4) is 0 Å². The van der Waals surface area contributed by atoms with Crippen molar-refractivity contribution in [3.05, 3.63) is 94.8 Å². The summed E-state index contributed by atoms with van der Waals surface area (Å²) in [5, 5.41) is 0.711. The topological polar surface area (TPSA) is 30.3 Å². The Labute approximate surface area is 244 Å². The summed E-state index contributed by atoms with van der Waals surface area (Å²) in [4.78, 5) is 7.66. The molecular formula is C31H38Cl3N3O. The van der Waals surface area contributed by atoms with Crippen molar-refractivity contribution in [1.29, 1.82) is 0 Å². The molecule has 1 aromatic heterocycles. The van der Waals surface area contributed by atoms with Crippen LogP contribution in [-0.4, -0.2) is 34.1 Å². The van der Waals surface area contributed by atoms with E-state index >= 15 is 0 Å². The largest absolute Gasteiger partial charge is 0.486 e. The van der Waals surface area contributed by atoms with Crippen LogP contribution in [0.25, 0.3) is 11.0 Å². The van der Waals surface area contributed by atoms with Crippen molar-refractivity contribution in [3.8, 4) is 5.75 Å². The van der Waals surface area contributed by atoms with E-state index < -0.39 is 0 Å². The number of fused-ring (bicyclic) bond motifs is 1. The van der Waals surface area contributed by atoms with E-state index in [2.05, 4.69) is 71.8 Å². The fourth-order valence-electron chi connectivity index (χ4n) is 5.47. The number of likely N-dealkylation sites (tertiary alicyclic amines) is 1. The molecule has 0 bridgehead atoms. The fourth-order valence-corrected chi connectivity index (χ4v) is 5.60. The van der Waals surface area contributed by atoms with Gasteiger partial charge in [-0.15, -0.1) is 24.8 Å². The third-order valence-corrected chi connectivity index (χ3v) is 7.69. The Morgan fingerprint density at radius 3 is 2.53 bits per heavy atom. The molecule has 204 valence electrons. The molecule has 38 heavy (non-hydrogen) atoms. The average molecular weight is 575 g/mol. The van der Waals surface area contributed by atoms with E-state index in [1.807, 2.05) is 24.3 Å². The summed E-state index contributed by atoms with van der Waals surface area (Å²) in [6, 6.07) is 25.0. The van der Waals surface area contributed by atoms with Crippen LogP contribution >= 0.6 is 36.4 Å². The van der Waals surface area contributed by atoms with Gasteiger partial charge >= 0.3 is 0 Å². The average Bonchev–Trinajstić information content (AvgIpc) is 3.26. The third-order valence-electron chi connectivity index (χ3n) is 7.43. The number of nitrogens with zero attached hydrogens (tertiary/aromatic N) is 3. The van der Waals surface area contributed by atoms with Gasteiger partial charge in [0.05, 0.1) is 11.0 Å². The van der Waals surface area contributed by atoms with Gasteiger partial charge in [-0.1, -0.05) is 61.0 Å². The quantitative estimate of drug-likeness (QED) is 0.201. The molecule has 3 aromatic carbocycles. The first kappa shape index (κ1) is 30.3. The second-order valence-electron chi connectivity index (χ2n) is 10.3. The van der Waals surface area contributed by atoms with E-state index in [-0.39, 0.29) is 24.8 Å². The van der Waals surface area contributed by atoms with Crippen LogP contribution in [0.1, 0.15) is 49.1 Å². The van der Waals surface area contributed by atoms with E-state index in [0.717, 1.165) is 36.6 Å². The van der Waals surface area contributed by atoms with Crippen LogP contribution < -0.4 is 4.74 Å². The minimum Gasteiger partial charge on any atom is -0.486 e. The van der Waals surface area contributed by atoms with E-state index in [9.17, 15) is 0 Å². The summed E-state index contributed by atoms with van der Waals surface area (Å²) >= 11 is 6.03. The van der Waals surface area contributed by atoms with Crippen molar-refractivity contribution in [2.45, 2.75) is 52.2 Å². The Kier molecular flexibility index (Phi) is 11.3. The van der Waals surface area contributed by atoms with Crippen molar-refractivity contribution in [2.75, 3.05) is 19.6 Å². The monoisotopic (exact) mass is 573 g/mol. The molecule has 1 saturated heterocycles. The summed E-state index contributed by atoms with van der Waals surface area (Å²) in [5.41, 5.74) is 4.95. The summed E-state index contributed by atoms with van der Waals surface area (Å²) in [6.07, 6.45) is 3.69. The first-order chi connectivity index (χ1) is 17.6. The summed E-state index contributed by atoms with van der Waals surface area (Å²) in [5.74, 6) is 3.04. The van der Waals surface area contributed by atoms with Gasteiger partial charge in [0.25, 0.3) is 0 Å². The van der Waals surface area contributed by atoms with Crippen molar-refractivity contribution in [2.24, 2.45) is 5.92 Å². The lowest BCUT2D eigenvalue weighted by Gasteiger charge is -2.34. The maximum atomic E-state index is 6.09. The smallest absolute Gasteiger partial charge is 0.148 e. The molecule has 1 aliphatic rings. The van der Waals surface area contributed by atoms with Gasteiger partial charge in [-0.3, -0.25) is 0 Å². The van der Waals surface area contributed by atoms with Gasteiger partial charge in [-0.25, -0.2) is 4.98 Å². The molecule has 1 fully saturated rings. The lowest BCUT2D eigenvalue weighted by atomic mass is 9.90. The molecule has 2 heterocycles. The van der Waals surface area contributed by atoms with Gasteiger partial charge in [0, 0.05) is 24.7 Å². The van der Waals surface area contributed by atoms with Gasteiger partial charge in [-0.05, 0) is 86.0 Å². The number of ether oxygens (including phenoxy) is 1. The minimum absolute atomic E-state index is 0. The van der Waals surface area contributed by atoms with Crippen molar-refractivity contribution in [3.63, 3.8) is 0 Å². The Morgan fingerprint density at radius 1 is 1.00 bits per heavy atom. The van der Waals surface area contributed by atoms with Gasteiger partial charge in [0.2, 0.25) is 0 Å². The normalized spacial score (nSPS) is 16.4. The van der Waals surface area contributed by atoms with Crippen molar-refractivity contribution in [1.82, 2.24) is 14.5 Å². The maximum Gasteiger partial charge on any atom is 0.148 e. The van der Waals surface area contributed by atoms with Crippen LogP contribution in [0.2, 0.25) is 5.02 Å². The highest BCUT2D eigenvalue weighted by Gasteiger charge is 2.22. The summed E-state index contributed by atoms with van der Waals surface area (Å²) < 4.78 is 8.45. The lowest BCUT2D eigenvalue weighted by molar-refractivity contribution is 0.178. The van der Waals surface area contributed by atoms with E-state index in [1.54, 1.807) is 0 Å². The molecule has 2 atom stereocenters. The number of para-hydroxylation sites is 1. The minimum atomic E-state index is 0. The van der Waals surface area contributed by atoms with Gasteiger partial charge in [0.1, 0.15) is 18.2 Å². The number of hydrogen-bond donors (Lipinski definition) is 0. The predicted octanol–water partition coefficient (Wildman–Crippen LogP) is 8.33. The van der Waals surface area contributed by atoms with Crippen LogP contribution in [0.15, 0.2) is 72.8 Å². The third kappa shape index (κ3) is 7.45. The Bertz CT molecular complexity index is 1280. The summed E-state index contributed by atoms with van der Waals surface area (Å²) in [7, 11) is 0. The number of halogens is 3. The molecule has 0 saturated carbocycles. The SMILES string of the molecule is Cc1cccc2c1nc(COc1ccc(Cl)cc1)n2CCC(C)CN1CCCC(c2ccccc2)C1.Cl.Cl. The molecule has 7 heteroatoms. The van der Waals surface area contributed by atoms with Crippen molar-refractivity contribution < 1.29 is 4.74 Å². The lowest BCUT2D eigenvalue weighted by Crippen LogP contribution is -2.37. The molecule has 0 aliphatic carbocycles. The van der Waals surface area contributed by atoms with Gasteiger partial charge < -0.3 is 14.2 Å². The number of aryl methyl sites for hydroxylation is 2. The zero-order valence-corrected chi connectivity index (χ0v) is 24.6. The van der Waals surface area contributed by atoms with Crippen LogP contribution in [-0.2, 0) is 13.2 Å². The number of imidazole rings is 1. The summed E-state index contributed by atoms with van der Waals surface area (Å²) in [6.45, 7) is 9.42. The molecular weight excluding hydrogens is 537 g/mol. The molecule has 5 rings (SSSR count). The van der Waals surface area contributed by atoms with Gasteiger partial charge in [-0.2, -0.15) is 0 Å². The molecule has 0 radical (unpaired) electrons. The second-order valence-corrected chi connectivity index (χ2v) is 10.7. The second kappa shape index (κ2) is 14.2. The van der Waals surface area contributed by atoms with E-state index in [1.165, 1.54) is 42.6 Å². The highest BCUT2D eigenvalue weighted by Crippen LogP contribution is 2.28. The Morgan fingerprint density at radius 2 is 1.76 bits per heavy atom. The van der Waals surface area contributed by atoms with Crippen molar-refractivity contribution >= 4 is 47.4 Å². The molecule has 0 N–H and O–H groups in total. The molecule has 4 nitrogen and oxygen atoms in total. The van der Waals surface area contributed by atoms with E-state index in [0.29, 0.717) is 23.5 Å². The molecule has 0 spiro atoms. The van der Waals surface area contributed by atoms with Crippen LogP contribution in [0.5, 0.6) is 5.75 Å². The molecule has 1 aliphatic heterocycles. The highest BCUT2D eigenvalue weighted by molar-refractivity contribution is 6.30. The van der Waals surface area contributed by atoms with Crippen LogP contribution in [0, 0.1) is 12.8 Å². The first-order valence-corrected chi connectivity index (χ1v) is 13.5. The predicted molar refractivity (Wildman–Crippen MR) is 163 cm³/mol. The molecule has 0 amide bonds. The van der Waals surface area contributed by atoms with Gasteiger partial charge in [0.15, 0.2) is 0 Å². The van der Waals surface area contributed by atoms with Crippen LogP contribution in [0.4, 0.5) is 0 Å². The molecule has 4 aromatic rings. The zero-order valence-electron chi connectivity index (χ0n) is 22.2. The number of benzene rings is 3. The highest BCUT2D eigenvalue weighted by atomic mass is 35.5. The number of rotatable bonds is 9. The standard InChI is InChI=1S/C31H36ClN3O.2ClH/c1-23(20-34-18-7-11-26(21-34)25-9-4-3-5-10-25)17-19-35-29-12-6-8-24(2)31(29)33-30(35)22-36-28-15-13-27(32)14-16-28;;/h3-6,8-10,12-16,23,26H,7,11,17-22H2,1-2H3;2*1H.